The number of amides is 3. The monoisotopic (exact) mass is 289 g/mol. The van der Waals surface area contributed by atoms with E-state index >= 15 is 0 Å². The van der Waals surface area contributed by atoms with Crippen LogP contribution in [-0.4, -0.2) is 48.3 Å². The van der Waals surface area contributed by atoms with Gasteiger partial charge in [0.25, 0.3) is 5.91 Å². The summed E-state index contributed by atoms with van der Waals surface area (Å²) in [4.78, 5) is 36.5. The van der Waals surface area contributed by atoms with Gasteiger partial charge in [-0.25, -0.2) is 0 Å². The molecule has 1 heterocycles. The first-order valence-corrected chi connectivity index (χ1v) is 6.97. The molecule has 2 rings (SSSR count). The van der Waals surface area contributed by atoms with E-state index in [1.807, 2.05) is 6.07 Å². The van der Waals surface area contributed by atoms with E-state index < -0.39 is 6.04 Å². The van der Waals surface area contributed by atoms with E-state index in [0.717, 1.165) is 0 Å². The molecule has 2 N–H and O–H groups in total. The van der Waals surface area contributed by atoms with Gasteiger partial charge in [0.15, 0.2) is 0 Å². The number of benzene rings is 1. The quantitative estimate of drug-likeness (QED) is 0.810. The van der Waals surface area contributed by atoms with Crippen molar-refractivity contribution in [3.8, 4) is 0 Å². The van der Waals surface area contributed by atoms with Crippen LogP contribution >= 0.6 is 0 Å². The van der Waals surface area contributed by atoms with Crippen LogP contribution < -0.4 is 10.6 Å². The summed E-state index contributed by atoms with van der Waals surface area (Å²) < 4.78 is 0. The molecule has 0 spiro atoms. The number of carbonyl (C=O) groups is 3. The second-order valence-electron chi connectivity index (χ2n) is 4.99. The van der Waals surface area contributed by atoms with Crippen molar-refractivity contribution in [1.82, 2.24) is 15.5 Å². The first-order chi connectivity index (χ1) is 10.1. The Balaban J connectivity index is 1.76. The minimum absolute atomic E-state index is 0.0841. The van der Waals surface area contributed by atoms with Crippen molar-refractivity contribution in [3.05, 3.63) is 35.9 Å². The van der Waals surface area contributed by atoms with Crippen molar-refractivity contribution in [1.29, 1.82) is 0 Å². The molecular formula is C15H19N3O3. The van der Waals surface area contributed by atoms with Gasteiger partial charge in [-0.05, 0) is 18.6 Å². The molecule has 0 radical (unpaired) electrons. The molecule has 1 aromatic carbocycles. The standard InChI is InChI=1S/C15H19N3O3/c1-11(19)17-13-7-9-18(15(13)21)10-8-16-14(20)12-5-3-2-4-6-12/h2-6,13H,7-10H2,1H3,(H,16,20)(H,17,19). The Bertz CT molecular complexity index is 530. The zero-order valence-electron chi connectivity index (χ0n) is 12.0. The number of nitrogens with zero attached hydrogens (tertiary/aromatic N) is 1. The largest absolute Gasteiger partial charge is 0.350 e. The summed E-state index contributed by atoms with van der Waals surface area (Å²) in [7, 11) is 0. The van der Waals surface area contributed by atoms with E-state index in [4.69, 9.17) is 0 Å². The average molecular weight is 289 g/mol. The number of nitrogens with one attached hydrogen (secondary N) is 2. The van der Waals surface area contributed by atoms with E-state index in [-0.39, 0.29) is 17.7 Å². The molecule has 6 heteroatoms. The van der Waals surface area contributed by atoms with Gasteiger partial charge in [-0.1, -0.05) is 18.2 Å². The minimum Gasteiger partial charge on any atom is -0.350 e. The van der Waals surface area contributed by atoms with Gasteiger partial charge in [-0.3, -0.25) is 14.4 Å². The molecule has 1 aliphatic rings. The van der Waals surface area contributed by atoms with Crippen LogP contribution in [0.15, 0.2) is 30.3 Å². The number of carbonyl (C=O) groups excluding carboxylic acids is 3. The molecule has 0 saturated carbocycles. The van der Waals surface area contributed by atoms with Gasteiger partial charge >= 0.3 is 0 Å². The highest BCUT2D eigenvalue weighted by Gasteiger charge is 2.31. The third kappa shape index (κ3) is 4.05. The van der Waals surface area contributed by atoms with Crippen LogP contribution in [0.25, 0.3) is 0 Å². The lowest BCUT2D eigenvalue weighted by atomic mass is 10.2. The zero-order chi connectivity index (χ0) is 15.2. The average Bonchev–Trinajstić information content (AvgIpc) is 2.80. The van der Waals surface area contributed by atoms with Gasteiger partial charge in [0.05, 0.1) is 0 Å². The van der Waals surface area contributed by atoms with Crippen molar-refractivity contribution in [3.63, 3.8) is 0 Å². The highest BCUT2D eigenvalue weighted by atomic mass is 16.2. The molecule has 6 nitrogen and oxygen atoms in total. The van der Waals surface area contributed by atoms with E-state index in [2.05, 4.69) is 10.6 Å². The molecule has 0 aliphatic carbocycles. The van der Waals surface area contributed by atoms with Crippen molar-refractivity contribution in [2.75, 3.05) is 19.6 Å². The van der Waals surface area contributed by atoms with Crippen LogP contribution in [0.5, 0.6) is 0 Å². The summed E-state index contributed by atoms with van der Waals surface area (Å²) >= 11 is 0. The Kier molecular flexibility index (Phi) is 4.92. The molecule has 1 fully saturated rings. The number of rotatable bonds is 5. The Hall–Kier alpha value is -2.37. The second-order valence-corrected chi connectivity index (χ2v) is 4.99. The Labute approximate surface area is 123 Å². The molecule has 1 aliphatic heterocycles. The molecule has 112 valence electrons. The van der Waals surface area contributed by atoms with E-state index in [1.165, 1.54) is 6.92 Å². The predicted molar refractivity (Wildman–Crippen MR) is 77.6 cm³/mol. The maximum Gasteiger partial charge on any atom is 0.251 e. The second kappa shape index (κ2) is 6.88. The summed E-state index contributed by atoms with van der Waals surface area (Å²) in [6.45, 7) is 2.85. The molecular weight excluding hydrogens is 270 g/mol. The Morgan fingerprint density at radius 2 is 2.00 bits per heavy atom. The normalized spacial score (nSPS) is 17.7. The molecule has 0 bridgehead atoms. The van der Waals surface area contributed by atoms with Crippen LogP contribution in [0.4, 0.5) is 0 Å². The molecule has 1 atom stereocenters. The van der Waals surface area contributed by atoms with Crippen LogP contribution in [0.2, 0.25) is 0 Å². The molecule has 1 saturated heterocycles. The van der Waals surface area contributed by atoms with E-state index in [1.54, 1.807) is 29.2 Å². The smallest absolute Gasteiger partial charge is 0.251 e. The summed E-state index contributed by atoms with van der Waals surface area (Å²) in [5, 5.41) is 5.41. The number of hydrogen-bond acceptors (Lipinski definition) is 3. The SMILES string of the molecule is CC(=O)NC1CCN(CCNC(=O)c2ccccc2)C1=O. The van der Waals surface area contributed by atoms with Gasteiger partial charge < -0.3 is 15.5 Å². The highest BCUT2D eigenvalue weighted by molar-refractivity contribution is 5.94. The molecule has 1 aromatic rings. The van der Waals surface area contributed by atoms with E-state index in [0.29, 0.717) is 31.6 Å². The third-order valence-corrected chi connectivity index (χ3v) is 3.38. The van der Waals surface area contributed by atoms with Crippen molar-refractivity contribution in [2.45, 2.75) is 19.4 Å². The summed E-state index contributed by atoms with van der Waals surface area (Å²) in [5.41, 5.74) is 0.598. The summed E-state index contributed by atoms with van der Waals surface area (Å²) in [6.07, 6.45) is 0.616. The van der Waals surface area contributed by atoms with Crippen molar-refractivity contribution >= 4 is 17.7 Å². The first kappa shape index (κ1) is 15.0. The fourth-order valence-electron chi connectivity index (χ4n) is 2.34. The van der Waals surface area contributed by atoms with Gasteiger partial charge in [-0.2, -0.15) is 0 Å². The van der Waals surface area contributed by atoms with Crippen molar-refractivity contribution in [2.24, 2.45) is 0 Å². The topological polar surface area (TPSA) is 78.5 Å². The fourth-order valence-corrected chi connectivity index (χ4v) is 2.34. The van der Waals surface area contributed by atoms with Crippen LogP contribution in [0.3, 0.4) is 0 Å². The highest BCUT2D eigenvalue weighted by Crippen LogP contribution is 2.10. The van der Waals surface area contributed by atoms with Gasteiger partial charge in [0, 0.05) is 32.1 Å². The molecule has 3 amide bonds. The lowest BCUT2D eigenvalue weighted by molar-refractivity contribution is -0.132. The van der Waals surface area contributed by atoms with Crippen LogP contribution in [0, 0.1) is 0 Å². The molecule has 0 aromatic heterocycles. The first-order valence-electron chi connectivity index (χ1n) is 6.97. The van der Waals surface area contributed by atoms with Gasteiger partial charge in [0.1, 0.15) is 6.04 Å². The Morgan fingerprint density at radius 3 is 2.67 bits per heavy atom. The van der Waals surface area contributed by atoms with Gasteiger partial charge in [0.2, 0.25) is 11.8 Å². The lowest BCUT2D eigenvalue weighted by Gasteiger charge is -2.17. The lowest BCUT2D eigenvalue weighted by Crippen LogP contribution is -2.42. The maximum absolute atomic E-state index is 12.0. The summed E-state index contributed by atoms with van der Waals surface area (Å²) in [6, 6.07) is 8.51. The zero-order valence-corrected chi connectivity index (χ0v) is 12.0. The van der Waals surface area contributed by atoms with Crippen LogP contribution in [0.1, 0.15) is 23.7 Å². The van der Waals surface area contributed by atoms with Crippen LogP contribution in [-0.2, 0) is 9.59 Å². The molecule has 1 unspecified atom stereocenters. The number of likely N-dealkylation sites (tertiary alicyclic amines) is 1. The Morgan fingerprint density at radius 1 is 1.29 bits per heavy atom. The third-order valence-electron chi connectivity index (χ3n) is 3.38. The predicted octanol–water partition coefficient (Wildman–Crippen LogP) is 0.153. The molecule has 21 heavy (non-hydrogen) atoms. The summed E-state index contributed by atoms with van der Waals surface area (Å²) in [5.74, 6) is -0.438. The maximum atomic E-state index is 12.0. The van der Waals surface area contributed by atoms with E-state index in [9.17, 15) is 14.4 Å². The fraction of sp³-hybridized carbons (Fsp3) is 0.400. The van der Waals surface area contributed by atoms with Crippen molar-refractivity contribution < 1.29 is 14.4 Å². The minimum atomic E-state index is -0.424. The number of hydrogen-bond donors (Lipinski definition) is 2. The van der Waals surface area contributed by atoms with Gasteiger partial charge in [-0.15, -0.1) is 0 Å².